The fourth-order valence-corrected chi connectivity index (χ4v) is 12.2. The third-order valence-corrected chi connectivity index (χ3v) is 15.8. The minimum absolute atomic E-state index is 0.0424. The van der Waals surface area contributed by atoms with Crippen molar-refractivity contribution in [3.8, 4) is 51.0 Å². The highest BCUT2D eigenvalue weighted by atomic mass is 16.3. The van der Waals surface area contributed by atoms with E-state index in [1.807, 2.05) is 12.1 Å². The standard InChI is InChI=1S/C64H48N4O/c1-38(51-37-53-46(44-17-7-8-18-45(44)51)32-33-55-60(53)50-21-9-12-22-54(50)64(55,2)3)39-25-27-41(28-26-39)61-65-62(43-29-31-49-48-20-11-14-24-58(48)69-59(49)36-43)67-63(66-61)68-56-23-13-10-19-47(56)52-35-42(30-34-57(52)68)40-15-5-4-6-16-40/h4-11,13-21,23-36,38,51H,12,22,37H2,1-3H3. The average Bonchev–Trinajstić information content (AvgIpc) is 4.03. The lowest BCUT2D eigenvalue weighted by Crippen LogP contribution is -2.20. The van der Waals surface area contributed by atoms with E-state index >= 15 is 0 Å². The van der Waals surface area contributed by atoms with Gasteiger partial charge >= 0.3 is 0 Å². The number of fused-ring (bicyclic) bond motifs is 12. The molecule has 11 aromatic rings. The predicted molar refractivity (Wildman–Crippen MR) is 283 cm³/mol. The summed E-state index contributed by atoms with van der Waals surface area (Å²) in [5.41, 5.74) is 21.0. The second-order valence-corrected chi connectivity index (χ2v) is 19.8. The van der Waals surface area contributed by atoms with Crippen LogP contribution in [0.4, 0.5) is 0 Å². The minimum Gasteiger partial charge on any atom is -0.456 e. The molecular weight excluding hydrogens is 841 g/mol. The highest BCUT2D eigenvalue weighted by Gasteiger charge is 2.41. The quantitative estimate of drug-likeness (QED) is 0.167. The molecule has 8 aromatic carbocycles. The summed E-state index contributed by atoms with van der Waals surface area (Å²) in [7, 11) is 0. The smallest absolute Gasteiger partial charge is 0.238 e. The van der Waals surface area contributed by atoms with Crippen molar-refractivity contribution in [3.05, 3.63) is 221 Å². The summed E-state index contributed by atoms with van der Waals surface area (Å²) in [4.78, 5) is 15.9. The molecule has 5 nitrogen and oxygen atoms in total. The number of hydrogen-bond donors (Lipinski definition) is 0. The Labute approximate surface area is 401 Å². The first-order valence-electron chi connectivity index (χ1n) is 24.4. The number of furan rings is 1. The molecule has 0 saturated carbocycles. The zero-order chi connectivity index (χ0) is 46.0. The molecule has 0 saturated heterocycles. The van der Waals surface area contributed by atoms with Gasteiger partial charge in [-0.25, -0.2) is 4.98 Å². The first kappa shape index (κ1) is 40.0. The second kappa shape index (κ2) is 15.2. The molecule has 0 N–H and O–H groups in total. The maximum atomic E-state index is 6.39. The lowest BCUT2D eigenvalue weighted by Gasteiger charge is -2.34. The number of nitrogens with zero attached hydrogens (tertiary/aromatic N) is 4. The van der Waals surface area contributed by atoms with Crippen LogP contribution in [0.2, 0.25) is 0 Å². The first-order valence-corrected chi connectivity index (χ1v) is 24.4. The summed E-state index contributed by atoms with van der Waals surface area (Å²) in [5, 5.41) is 4.44. The topological polar surface area (TPSA) is 56.7 Å². The summed E-state index contributed by atoms with van der Waals surface area (Å²) in [6.45, 7) is 7.28. The maximum Gasteiger partial charge on any atom is 0.238 e. The van der Waals surface area contributed by atoms with Crippen LogP contribution in [-0.4, -0.2) is 19.5 Å². The highest BCUT2D eigenvalue weighted by Crippen LogP contribution is 2.56. The fourth-order valence-electron chi connectivity index (χ4n) is 12.2. The molecule has 330 valence electrons. The van der Waals surface area contributed by atoms with Crippen LogP contribution in [0, 0.1) is 0 Å². The molecule has 0 fully saturated rings. The number of allylic oxidation sites excluding steroid dienone is 4. The van der Waals surface area contributed by atoms with Crippen molar-refractivity contribution in [2.75, 3.05) is 0 Å². The van der Waals surface area contributed by atoms with Crippen molar-refractivity contribution in [3.63, 3.8) is 0 Å². The van der Waals surface area contributed by atoms with Gasteiger partial charge in [0.2, 0.25) is 5.95 Å². The third-order valence-electron chi connectivity index (χ3n) is 15.8. The zero-order valence-corrected chi connectivity index (χ0v) is 38.9. The van der Waals surface area contributed by atoms with Crippen LogP contribution >= 0.6 is 0 Å². The van der Waals surface area contributed by atoms with Crippen molar-refractivity contribution in [1.82, 2.24) is 19.5 Å². The molecule has 69 heavy (non-hydrogen) atoms. The Hall–Kier alpha value is -8.15. The number of rotatable bonds is 6. The van der Waals surface area contributed by atoms with E-state index in [0.717, 1.165) is 79.7 Å². The Balaban J connectivity index is 0.888. The number of aromatic nitrogens is 4. The first-order chi connectivity index (χ1) is 33.9. The van der Waals surface area contributed by atoms with Gasteiger partial charge in [-0.1, -0.05) is 178 Å². The molecule has 0 bridgehead atoms. The van der Waals surface area contributed by atoms with Crippen molar-refractivity contribution < 1.29 is 4.42 Å². The van der Waals surface area contributed by atoms with Crippen molar-refractivity contribution in [2.24, 2.45) is 0 Å². The summed E-state index contributed by atoms with van der Waals surface area (Å²) < 4.78 is 8.59. The van der Waals surface area contributed by atoms with Crippen LogP contribution in [0.5, 0.6) is 0 Å². The number of benzene rings is 8. The molecule has 3 aliphatic carbocycles. The molecule has 3 aromatic heterocycles. The normalized spacial score (nSPS) is 16.2. The van der Waals surface area contributed by atoms with E-state index in [2.05, 4.69) is 201 Å². The molecule has 0 spiro atoms. The largest absolute Gasteiger partial charge is 0.456 e. The average molecular weight is 889 g/mol. The van der Waals surface area contributed by atoms with Crippen molar-refractivity contribution in [2.45, 2.75) is 57.3 Å². The molecule has 3 heterocycles. The van der Waals surface area contributed by atoms with Crippen molar-refractivity contribution in [1.29, 1.82) is 0 Å². The fraction of sp³-hybridized carbons (Fsp3) is 0.141. The molecule has 0 radical (unpaired) electrons. The minimum atomic E-state index is 0.0424. The summed E-state index contributed by atoms with van der Waals surface area (Å²) in [5.74, 6) is 2.33. The predicted octanol–water partition coefficient (Wildman–Crippen LogP) is 16.4. The Kier molecular flexibility index (Phi) is 8.79. The van der Waals surface area contributed by atoms with Gasteiger partial charge in [0.15, 0.2) is 11.6 Å². The van der Waals surface area contributed by atoms with E-state index in [1.165, 1.54) is 50.1 Å². The number of hydrogen-bond acceptors (Lipinski definition) is 4. The van der Waals surface area contributed by atoms with Crippen LogP contribution in [0.15, 0.2) is 198 Å². The molecule has 5 heteroatoms. The van der Waals surface area contributed by atoms with E-state index in [0.29, 0.717) is 23.5 Å². The van der Waals surface area contributed by atoms with Crippen LogP contribution in [0.1, 0.15) is 73.3 Å². The molecule has 0 amide bonds. The van der Waals surface area contributed by atoms with E-state index in [9.17, 15) is 0 Å². The summed E-state index contributed by atoms with van der Waals surface area (Å²) in [6, 6.07) is 63.3. The van der Waals surface area contributed by atoms with Gasteiger partial charge in [-0.05, 0) is 123 Å². The van der Waals surface area contributed by atoms with Crippen LogP contribution in [0.25, 0.3) is 100 Å². The molecule has 0 aliphatic heterocycles. The van der Waals surface area contributed by atoms with Gasteiger partial charge in [-0.3, -0.25) is 4.57 Å². The van der Waals surface area contributed by atoms with Gasteiger partial charge in [0.25, 0.3) is 0 Å². The van der Waals surface area contributed by atoms with Gasteiger partial charge in [-0.15, -0.1) is 0 Å². The Bertz CT molecular complexity index is 3980. The highest BCUT2D eigenvalue weighted by molar-refractivity contribution is 6.10. The Morgan fingerprint density at radius 3 is 2.16 bits per heavy atom. The monoisotopic (exact) mass is 888 g/mol. The SMILES string of the molecule is CC(c1ccc(-c2nc(-c3ccc4c(c3)oc3ccccc34)nc(-n3c4ccccc4c4cc(-c5ccccc5)ccc43)n2)cc1)C1Cc2c(ccc3c2C2=C(CCC=C2)C3(C)C)-c2ccccc21. The van der Waals surface area contributed by atoms with E-state index < -0.39 is 0 Å². The summed E-state index contributed by atoms with van der Waals surface area (Å²) in [6.07, 6.45) is 8.06. The van der Waals surface area contributed by atoms with E-state index in [-0.39, 0.29) is 11.3 Å². The van der Waals surface area contributed by atoms with Gasteiger partial charge in [0.05, 0.1) is 11.0 Å². The molecule has 14 rings (SSSR count). The van der Waals surface area contributed by atoms with Gasteiger partial charge in [0, 0.05) is 38.1 Å². The van der Waals surface area contributed by atoms with Gasteiger partial charge in [-0.2, -0.15) is 9.97 Å². The van der Waals surface area contributed by atoms with Crippen LogP contribution < -0.4 is 0 Å². The van der Waals surface area contributed by atoms with E-state index in [4.69, 9.17) is 19.4 Å². The van der Waals surface area contributed by atoms with Crippen LogP contribution in [-0.2, 0) is 11.8 Å². The Morgan fingerprint density at radius 1 is 0.580 bits per heavy atom. The third kappa shape index (κ3) is 6.12. The van der Waals surface area contributed by atoms with Gasteiger partial charge in [0.1, 0.15) is 11.2 Å². The zero-order valence-electron chi connectivity index (χ0n) is 38.9. The lowest BCUT2D eigenvalue weighted by molar-refractivity contribution is 0.565. The van der Waals surface area contributed by atoms with E-state index in [1.54, 1.807) is 5.57 Å². The molecule has 2 unspecified atom stereocenters. The maximum absolute atomic E-state index is 6.39. The number of para-hydroxylation sites is 2. The second-order valence-electron chi connectivity index (χ2n) is 19.8. The Morgan fingerprint density at radius 2 is 1.29 bits per heavy atom. The lowest BCUT2D eigenvalue weighted by atomic mass is 9.69. The van der Waals surface area contributed by atoms with Crippen LogP contribution in [0.3, 0.4) is 0 Å². The summed E-state index contributed by atoms with van der Waals surface area (Å²) >= 11 is 0. The van der Waals surface area contributed by atoms with Gasteiger partial charge < -0.3 is 4.42 Å². The van der Waals surface area contributed by atoms with Crippen molar-refractivity contribution >= 4 is 49.3 Å². The molecular formula is C64H48N4O. The molecule has 2 atom stereocenters. The molecule has 3 aliphatic rings.